The second-order valence-corrected chi connectivity index (χ2v) is 11.6. The van der Waals surface area contributed by atoms with E-state index in [1.807, 2.05) is 43.3 Å². The normalized spacial score (nSPS) is 15.8. The smallest absolute Gasteiger partial charge is 0.416 e. The summed E-state index contributed by atoms with van der Waals surface area (Å²) >= 11 is 0. The van der Waals surface area contributed by atoms with Crippen molar-refractivity contribution in [3.63, 3.8) is 0 Å². The Balaban J connectivity index is 1.73. The maximum Gasteiger partial charge on any atom is 0.416 e. The Kier molecular flexibility index (Phi) is 13.3. The third-order valence-corrected chi connectivity index (χ3v) is 7.91. The van der Waals surface area contributed by atoms with Gasteiger partial charge in [0.2, 0.25) is 5.91 Å². The van der Waals surface area contributed by atoms with Crippen LogP contribution in [0.25, 0.3) is 5.57 Å². The molecular weight excluding hydrogens is 614 g/mol. The molecule has 0 aromatic heterocycles. The van der Waals surface area contributed by atoms with E-state index in [-0.39, 0.29) is 50.6 Å². The molecule has 0 saturated carbocycles. The van der Waals surface area contributed by atoms with Crippen LogP contribution in [-0.4, -0.2) is 78.1 Å². The number of benzene rings is 3. The minimum Gasteiger partial charge on any atom is -0.453 e. The first-order valence-electron chi connectivity index (χ1n) is 16.0. The topological polar surface area (TPSA) is 137 Å². The molecule has 252 valence electrons. The zero-order valence-corrected chi connectivity index (χ0v) is 27.2. The zero-order chi connectivity index (χ0) is 34.5. The fraction of sp³-hybridized carbons (Fsp3) is 0.342. The van der Waals surface area contributed by atoms with Gasteiger partial charge in [0, 0.05) is 25.5 Å². The highest BCUT2D eigenvalue weighted by Gasteiger charge is 2.45. The van der Waals surface area contributed by atoms with Crippen LogP contribution in [0, 0.1) is 12.8 Å². The summed E-state index contributed by atoms with van der Waals surface area (Å²) < 4.78 is 16.2. The van der Waals surface area contributed by atoms with Gasteiger partial charge in [-0.2, -0.15) is 0 Å². The Labute approximate surface area is 280 Å². The van der Waals surface area contributed by atoms with Gasteiger partial charge in [-0.3, -0.25) is 19.2 Å². The molecule has 0 bridgehead atoms. The summed E-state index contributed by atoms with van der Waals surface area (Å²) in [7, 11) is 0. The Bertz CT molecular complexity index is 1600. The van der Waals surface area contributed by atoms with Crippen molar-refractivity contribution < 1.29 is 43.3 Å². The number of carbonyl (C=O) groups is 5. The van der Waals surface area contributed by atoms with Crippen LogP contribution in [0.4, 0.5) is 4.79 Å². The molecule has 2 amide bonds. The van der Waals surface area contributed by atoms with Crippen LogP contribution < -0.4 is 0 Å². The van der Waals surface area contributed by atoms with Crippen molar-refractivity contribution in [2.45, 2.75) is 51.7 Å². The van der Waals surface area contributed by atoms with Crippen molar-refractivity contribution in [2.75, 3.05) is 26.4 Å². The highest BCUT2D eigenvalue weighted by Crippen LogP contribution is 2.27. The number of carbonyl (C=O) groups excluding carboxylic acids is 5. The zero-order valence-electron chi connectivity index (χ0n) is 27.2. The number of aliphatic hydroxyl groups is 1. The van der Waals surface area contributed by atoms with Crippen LogP contribution in [0.1, 0.15) is 42.0 Å². The summed E-state index contributed by atoms with van der Waals surface area (Å²) in [6, 6.07) is 24.7. The van der Waals surface area contributed by atoms with Crippen molar-refractivity contribution in [3.8, 4) is 0 Å². The molecule has 3 aromatic carbocycles. The summed E-state index contributed by atoms with van der Waals surface area (Å²) in [5.41, 5.74) is 3.00. The first-order valence-corrected chi connectivity index (χ1v) is 16.0. The van der Waals surface area contributed by atoms with Gasteiger partial charge in [-0.1, -0.05) is 90.5 Å². The third kappa shape index (κ3) is 10.0. The lowest BCUT2D eigenvalue weighted by molar-refractivity contribution is -0.158. The number of esters is 1. The molecule has 3 aromatic rings. The summed E-state index contributed by atoms with van der Waals surface area (Å²) in [5, 5.41) is 8.97. The maximum absolute atomic E-state index is 14.4. The van der Waals surface area contributed by atoms with Crippen molar-refractivity contribution in [1.29, 1.82) is 0 Å². The second kappa shape index (κ2) is 17.8. The molecule has 1 saturated heterocycles. The van der Waals surface area contributed by atoms with Crippen molar-refractivity contribution >= 4 is 35.1 Å². The summed E-state index contributed by atoms with van der Waals surface area (Å²) in [6.45, 7) is 3.20. The molecule has 10 heteroatoms. The molecule has 3 unspecified atom stereocenters. The van der Waals surface area contributed by atoms with Crippen LogP contribution in [0.3, 0.4) is 0 Å². The fourth-order valence-electron chi connectivity index (χ4n) is 5.65. The Morgan fingerprint density at radius 3 is 2.29 bits per heavy atom. The molecular formula is C38H41NO9. The summed E-state index contributed by atoms with van der Waals surface area (Å²) in [4.78, 5) is 68.8. The van der Waals surface area contributed by atoms with Crippen LogP contribution in [0.2, 0.25) is 0 Å². The molecule has 0 spiro atoms. The number of allylic oxidation sites excluding steroid dienone is 1. The van der Waals surface area contributed by atoms with Crippen molar-refractivity contribution in [1.82, 2.24) is 4.90 Å². The van der Waals surface area contributed by atoms with Gasteiger partial charge in [0.25, 0.3) is 0 Å². The Hall–Kier alpha value is -4.93. The first kappa shape index (κ1) is 35.9. The SMILES string of the molecule is CC(=O)OC(C(=O)C=C(C(=O)CCCOCCO)c1cccc(C)c1)C(Cc1ccccc1)C(=O)N1C(=O)OCC1Cc1ccccc1. The van der Waals surface area contributed by atoms with E-state index in [4.69, 9.17) is 19.3 Å². The number of ether oxygens (including phenoxy) is 3. The standard InChI is InChI=1S/C38H41NO9/c1-26-11-9-16-30(21-26)32(34(42)17-10-19-46-20-18-40)24-35(43)36(48-27(2)41)33(23-29-14-7-4-8-15-29)37(44)39-31(25-47-38(39)45)22-28-12-5-3-6-13-28/h3-9,11-16,21,24,31,33,36,40H,10,17-20,22-23,25H2,1-2H3. The van der Waals surface area contributed by atoms with Crippen LogP contribution in [0.5, 0.6) is 0 Å². The molecule has 1 N–H and O–H groups in total. The maximum atomic E-state index is 14.4. The molecule has 1 aliphatic rings. The van der Waals surface area contributed by atoms with Gasteiger partial charge in [-0.25, -0.2) is 9.69 Å². The van der Waals surface area contributed by atoms with E-state index in [1.165, 1.54) is 0 Å². The molecule has 4 rings (SSSR count). The number of Topliss-reactive ketones (excluding diaryl/α,β-unsaturated/α-hetero) is 1. The van der Waals surface area contributed by atoms with Gasteiger partial charge in [0.05, 0.1) is 25.2 Å². The first-order chi connectivity index (χ1) is 23.2. The van der Waals surface area contributed by atoms with E-state index in [1.54, 1.807) is 48.5 Å². The number of amides is 2. The molecule has 1 heterocycles. The van der Waals surface area contributed by atoms with Crippen LogP contribution in [0.15, 0.2) is 91.0 Å². The van der Waals surface area contributed by atoms with E-state index < -0.39 is 41.8 Å². The van der Waals surface area contributed by atoms with Crippen LogP contribution in [-0.2, 0) is 46.2 Å². The van der Waals surface area contributed by atoms with E-state index in [0.717, 1.165) is 29.0 Å². The van der Waals surface area contributed by atoms with Gasteiger partial charge in [0.15, 0.2) is 17.7 Å². The number of hydrogen-bond donors (Lipinski definition) is 1. The van der Waals surface area contributed by atoms with E-state index >= 15 is 0 Å². The molecule has 10 nitrogen and oxygen atoms in total. The Morgan fingerprint density at radius 2 is 1.65 bits per heavy atom. The van der Waals surface area contributed by atoms with Gasteiger partial charge < -0.3 is 19.3 Å². The predicted molar refractivity (Wildman–Crippen MR) is 178 cm³/mol. The highest BCUT2D eigenvalue weighted by atomic mass is 16.6. The minimum atomic E-state index is -1.65. The second-order valence-electron chi connectivity index (χ2n) is 11.6. The highest BCUT2D eigenvalue weighted by molar-refractivity contribution is 6.25. The summed E-state index contributed by atoms with van der Waals surface area (Å²) in [6.07, 6.45) is -0.675. The molecule has 0 radical (unpaired) electrons. The monoisotopic (exact) mass is 655 g/mol. The van der Waals surface area contributed by atoms with Gasteiger partial charge in [0.1, 0.15) is 6.61 Å². The molecule has 1 fully saturated rings. The lowest BCUT2D eigenvalue weighted by Gasteiger charge is -2.29. The Morgan fingerprint density at radius 1 is 0.958 bits per heavy atom. The van der Waals surface area contributed by atoms with Crippen LogP contribution >= 0.6 is 0 Å². The fourth-order valence-corrected chi connectivity index (χ4v) is 5.65. The number of nitrogens with zero attached hydrogens (tertiary/aromatic N) is 1. The third-order valence-electron chi connectivity index (χ3n) is 7.91. The number of hydrogen-bond acceptors (Lipinski definition) is 9. The number of ketones is 2. The van der Waals surface area contributed by atoms with Gasteiger partial charge in [-0.05, 0) is 49.0 Å². The largest absolute Gasteiger partial charge is 0.453 e. The molecule has 3 atom stereocenters. The number of rotatable bonds is 17. The average Bonchev–Trinajstić information content (AvgIpc) is 3.44. The van der Waals surface area contributed by atoms with E-state index in [2.05, 4.69) is 0 Å². The number of cyclic esters (lactones) is 1. The molecule has 48 heavy (non-hydrogen) atoms. The number of imide groups is 1. The van der Waals surface area contributed by atoms with Gasteiger partial charge in [-0.15, -0.1) is 0 Å². The van der Waals surface area contributed by atoms with Crippen molar-refractivity contribution in [2.24, 2.45) is 5.92 Å². The minimum absolute atomic E-state index is 0.0301. The van der Waals surface area contributed by atoms with Crippen molar-refractivity contribution in [3.05, 3.63) is 113 Å². The van der Waals surface area contributed by atoms with E-state index in [9.17, 15) is 24.0 Å². The number of aliphatic hydroxyl groups excluding tert-OH is 1. The lowest BCUT2D eigenvalue weighted by atomic mass is 9.87. The number of aryl methyl sites for hydroxylation is 1. The van der Waals surface area contributed by atoms with E-state index in [0.29, 0.717) is 24.0 Å². The van der Waals surface area contributed by atoms with Gasteiger partial charge >= 0.3 is 12.1 Å². The molecule has 1 aliphatic heterocycles. The average molecular weight is 656 g/mol. The summed E-state index contributed by atoms with van der Waals surface area (Å²) in [5.74, 6) is -3.96. The lowest BCUT2D eigenvalue weighted by Crippen LogP contribution is -2.49. The molecule has 0 aliphatic carbocycles. The predicted octanol–water partition coefficient (Wildman–Crippen LogP) is 4.69. The quantitative estimate of drug-likeness (QED) is 0.125.